The number of hydrogen-bond donors (Lipinski definition) is 1. The summed E-state index contributed by atoms with van der Waals surface area (Å²) in [5.41, 5.74) is 0.549. The number of anilines is 1. The molecular formula is C16H15F2N3O2S2. The number of hydrogen-bond acceptors (Lipinski definition) is 5. The lowest BCUT2D eigenvalue weighted by Gasteiger charge is -2.10. The molecule has 0 saturated carbocycles. The zero-order valence-electron chi connectivity index (χ0n) is 13.5. The van der Waals surface area contributed by atoms with Crippen LogP contribution in [-0.4, -0.2) is 26.5 Å². The molecule has 1 aliphatic rings. The molecule has 3 rings (SSSR count). The molecule has 2 aromatic rings. The summed E-state index contributed by atoms with van der Waals surface area (Å²) in [5.74, 6) is -2.06. The second-order valence-corrected chi connectivity index (χ2v) is 8.02. The molecule has 0 fully saturated rings. The van der Waals surface area contributed by atoms with Crippen molar-refractivity contribution >= 4 is 35.1 Å². The minimum atomic E-state index is -0.840. The van der Waals surface area contributed by atoms with Crippen molar-refractivity contribution in [2.45, 2.75) is 28.6 Å². The average molecular weight is 383 g/mol. The Morgan fingerprint density at radius 1 is 1.48 bits per heavy atom. The van der Waals surface area contributed by atoms with Crippen LogP contribution in [0.25, 0.3) is 0 Å². The summed E-state index contributed by atoms with van der Waals surface area (Å²) in [6.07, 6.45) is 0.719. The van der Waals surface area contributed by atoms with Gasteiger partial charge in [0.1, 0.15) is 11.6 Å². The number of thioether (sulfide) groups is 2. The number of aromatic nitrogens is 2. The van der Waals surface area contributed by atoms with Crippen molar-refractivity contribution < 1.29 is 13.6 Å². The SMILES string of the molecule is C[C@H]1Cc2nc(SCC(=O)Nc3ccc(F)cc3F)n(C)c(=O)c2S1. The number of amides is 1. The van der Waals surface area contributed by atoms with Crippen LogP contribution >= 0.6 is 23.5 Å². The quantitative estimate of drug-likeness (QED) is 0.650. The van der Waals surface area contributed by atoms with Gasteiger partial charge in [0, 0.05) is 24.8 Å². The lowest BCUT2D eigenvalue weighted by molar-refractivity contribution is -0.113. The van der Waals surface area contributed by atoms with Gasteiger partial charge >= 0.3 is 0 Å². The van der Waals surface area contributed by atoms with E-state index in [0.717, 1.165) is 36.0 Å². The summed E-state index contributed by atoms with van der Waals surface area (Å²) < 4.78 is 27.8. The van der Waals surface area contributed by atoms with Crippen molar-refractivity contribution in [3.05, 3.63) is 45.9 Å². The number of fused-ring (bicyclic) bond motifs is 1. The lowest BCUT2D eigenvalue weighted by atomic mass is 10.2. The number of rotatable bonds is 4. The van der Waals surface area contributed by atoms with Gasteiger partial charge in [0.25, 0.3) is 5.56 Å². The van der Waals surface area contributed by atoms with Crippen LogP contribution in [0.15, 0.2) is 33.0 Å². The Labute approximate surface area is 151 Å². The fourth-order valence-corrected chi connectivity index (χ4v) is 4.34. The van der Waals surface area contributed by atoms with E-state index in [-0.39, 0.29) is 17.0 Å². The van der Waals surface area contributed by atoms with Crippen molar-refractivity contribution in [2.24, 2.45) is 7.05 Å². The molecule has 9 heteroatoms. The van der Waals surface area contributed by atoms with Crippen LogP contribution in [0, 0.1) is 11.6 Å². The highest BCUT2D eigenvalue weighted by Crippen LogP contribution is 2.33. The Morgan fingerprint density at radius 2 is 2.24 bits per heavy atom. The van der Waals surface area contributed by atoms with E-state index in [9.17, 15) is 18.4 Å². The van der Waals surface area contributed by atoms with Crippen molar-refractivity contribution in [3.8, 4) is 0 Å². The van der Waals surface area contributed by atoms with Crippen molar-refractivity contribution in [1.82, 2.24) is 9.55 Å². The predicted octanol–water partition coefficient (Wildman–Crippen LogP) is 2.83. The third kappa shape index (κ3) is 3.87. The Kier molecular flexibility index (Phi) is 5.14. The Balaban J connectivity index is 1.70. The van der Waals surface area contributed by atoms with Crippen molar-refractivity contribution in [3.63, 3.8) is 0 Å². The van der Waals surface area contributed by atoms with Crippen molar-refractivity contribution in [1.29, 1.82) is 0 Å². The smallest absolute Gasteiger partial charge is 0.267 e. The van der Waals surface area contributed by atoms with Gasteiger partial charge in [0.2, 0.25) is 5.91 Å². The molecule has 1 aromatic carbocycles. The molecule has 2 heterocycles. The van der Waals surface area contributed by atoms with Gasteiger partial charge in [-0.05, 0) is 12.1 Å². The normalized spacial score (nSPS) is 15.9. The zero-order valence-corrected chi connectivity index (χ0v) is 15.1. The Bertz CT molecular complexity index is 902. The van der Waals surface area contributed by atoms with E-state index >= 15 is 0 Å². The first-order valence-electron chi connectivity index (χ1n) is 7.49. The van der Waals surface area contributed by atoms with Gasteiger partial charge in [-0.25, -0.2) is 13.8 Å². The van der Waals surface area contributed by atoms with Gasteiger partial charge in [0.05, 0.1) is 22.0 Å². The van der Waals surface area contributed by atoms with Gasteiger partial charge in [0.15, 0.2) is 5.16 Å². The minimum Gasteiger partial charge on any atom is -0.323 e. The summed E-state index contributed by atoms with van der Waals surface area (Å²) in [7, 11) is 1.61. The first kappa shape index (κ1) is 17.9. The van der Waals surface area contributed by atoms with Crippen LogP contribution in [-0.2, 0) is 18.3 Å². The summed E-state index contributed by atoms with van der Waals surface area (Å²) in [6.45, 7) is 2.03. The first-order valence-corrected chi connectivity index (χ1v) is 9.36. The van der Waals surface area contributed by atoms with E-state index in [2.05, 4.69) is 10.3 Å². The van der Waals surface area contributed by atoms with Crippen LogP contribution < -0.4 is 10.9 Å². The second-order valence-electron chi connectivity index (χ2n) is 5.63. The topological polar surface area (TPSA) is 64.0 Å². The molecule has 0 aliphatic carbocycles. The lowest BCUT2D eigenvalue weighted by Crippen LogP contribution is -2.23. The maximum absolute atomic E-state index is 13.6. The summed E-state index contributed by atoms with van der Waals surface area (Å²) in [6, 6.07) is 2.93. The van der Waals surface area contributed by atoms with Crippen LogP contribution in [0.4, 0.5) is 14.5 Å². The molecule has 1 amide bonds. The third-order valence-corrected chi connectivity index (χ3v) is 5.86. The number of nitrogens with zero attached hydrogens (tertiary/aromatic N) is 2. The van der Waals surface area contributed by atoms with Crippen molar-refractivity contribution in [2.75, 3.05) is 11.1 Å². The molecule has 1 atom stereocenters. The van der Waals surface area contributed by atoms with Gasteiger partial charge in [-0.15, -0.1) is 11.8 Å². The maximum Gasteiger partial charge on any atom is 0.267 e. The maximum atomic E-state index is 13.6. The van der Waals surface area contributed by atoms with Crippen LogP contribution in [0.2, 0.25) is 0 Å². The van der Waals surface area contributed by atoms with Crippen LogP contribution in [0.3, 0.4) is 0 Å². The zero-order chi connectivity index (χ0) is 18.1. The van der Waals surface area contributed by atoms with Crippen LogP contribution in [0.5, 0.6) is 0 Å². The molecule has 132 valence electrons. The summed E-state index contributed by atoms with van der Waals surface area (Å²) in [4.78, 5) is 29.5. The van der Waals surface area contributed by atoms with Gasteiger partial charge in [-0.2, -0.15) is 0 Å². The monoisotopic (exact) mass is 383 g/mol. The molecule has 0 unspecified atom stereocenters. The van der Waals surface area contributed by atoms with E-state index in [1.54, 1.807) is 7.05 Å². The summed E-state index contributed by atoms with van der Waals surface area (Å²) >= 11 is 2.61. The van der Waals surface area contributed by atoms with E-state index in [1.165, 1.54) is 16.3 Å². The number of halogens is 2. The second kappa shape index (κ2) is 7.17. The number of carbonyl (C=O) groups excluding carboxylic acids is 1. The molecule has 0 bridgehead atoms. The summed E-state index contributed by atoms with van der Waals surface area (Å²) in [5, 5.41) is 3.12. The average Bonchev–Trinajstić information content (AvgIpc) is 2.93. The first-order chi connectivity index (χ1) is 11.8. The molecule has 25 heavy (non-hydrogen) atoms. The van der Waals surface area contributed by atoms with E-state index < -0.39 is 17.5 Å². The van der Waals surface area contributed by atoms with E-state index in [4.69, 9.17) is 0 Å². The highest BCUT2D eigenvalue weighted by Gasteiger charge is 2.25. The largest absolute Gasteiger partial charge is 0.323 e. The fourth-order valence-electron chi connectivity index (χ4n) is 2.41. The molecule has 1 aromatic heterocycles. The number of nitrogens with one attached hydrogen (secondary N) is 1. The molecule has 1 aliphatic heterocycles. The highest BCUT2D eigenvalue weighted by atomic mass is 32.2. The molecule has 0 saturated heterocycles. The number of carbonyl (C=O) groups is 1. The van der Waals surface area contributed by atoms with E-state index in [1.807, 2.05) is 6.92 Å². The third-order valence-electron chi connectivity index (χ3n) is 3.62. The molecule has 0 radical (unpaired) electrons. The van der Waals surface area contributed by atoms with E-state index in [0.29, 0.717) is 21.4 Å². The molecule has 1 N–H and O–H groups in total. The van der Waals surface area contributed by atoms with Gasteiger partial charge in [-0.3, -0.25) is 14.2 Å². The Morgan fingerprint density at radius 3 is 2.96 bits per heavy atom. The van der Waals surface area contributed by atoms with Crippen LogP contribution in [0.1, 0.15) is 12.6 Å². The minimum absolute atomic E-state index is 0.0431. The number of benzene rings is 1. The highest BCUT2D eigenvalue weighted by molar-refractivity contribution is 8.00. The standard InChI is InChI=1S/C16H15F2N3O2S2/c1-8-5-12-14(25-8)15(23)21(2)16(20-12)24-7-13(22)19-11-4-3-9(17)6-10(11)18/h3-4,6,8H,5,7H2,1-2H3,(H,19,22)/t8-/m0/s1. The fraction of sp³-hybridized carbons (Fsp3) is 0.312. The molecule has 5 nitrogen and oxygen atoms in total. The Hall–Kier alpha value is -1.87. The van der Waals surface area contributed by atoms with Gasteiger partial charge in [-0.1, -0.05) is 18.7 Å². The predicted molar refractivity (Wildman–Crippen MR) is 94.2 cm³/mol. The molecule has 0 spiro atoms. The molecular weight excluding hydrogens is 368 g/mol. The van der Waals surface area contributed by atoms with Gasteiger partial charge < -0.3 is 5.32 Å².